The van der Waals surface area contributed by atoms with Gasteiger partial charge in [-0.05, 0) is 25.1 Å². The molecule has 0 radical (unpaired) electrons. The lowest BCUT2D eigenvalue weighted by Crippen LogP contribution is -2.29. The summed E-state index contributed by atoms with van der Waals surface area (Å²) in [5.74, 6) is 1.08. The van der Waals surface area contributed by atoms with Gasteiger partial charge in [0.15, 0.2) is 0 Å². The zero-order valence-corrected chi connectivity index (χ0v) is 17.9. The molecule has 2 heterocycles. The SMILES string of the molecule is Cc1cc(CSc2ccccc2C(=O)NCCNc2ncc(C(F)(F)F)cc2Cl)on1. The van der Waals surface area contributed by atoms with Crippen LogP contribution in [0.15, 0.2) is 52.0 Å². The number of anilines is 1. The van der Waals surface area contributed by atoms with Crippen LogP contribution in [-0.4, -0.2) is 29.1 Å². The summed E-state index contributed by atoms with van der Waals surface area (Å²) in [6.45, 7) is 2.29. The molecule has 0 saturated heterocycles. The Balaban J connectivity index is 1.52. The molecule has 1 amide bonds. The minimum Gasteiger partial charge on any atom is -0.367 e. The monoisotopic (exact) mass is 470 g/mol. The van der Waals surface area contributed by atoms with Gasteiger partial charge in [0.2, 0.25) is 0 Å². The van der Waals surface area contributed by atoms with Gasteiger partial charge in [-0.3, -0.25) is 4.79 Å². The summed E-state index contributed by atoms with van der Waals surface area (Å²) in [6, 6.07) is 9.80. The van der Waals surface area contributed by atoms with Gasteiger partial charge >= 0.3 is 6.18 Å². The van der Waals surface area contributed by atoms with Gasteiger partial charge in [0.25, 0.3) is 5.91 Å². The number of nitrogens with one attached hydrogen (secondary N) is 2. The van der Waals surface area contributed by atoms with Crippen molar-refractivity contribution in [2.75, 3.05) is 18.4 Å². The highest BCUT2D eigenvalue weighted by atomic mass is 35.5. The number of halogens is 4. The Kier molecular flexibility index (Phi) is 7.45. The fraction of sp³-hybridized carbons (Fsp3) is 0.250. The number of alkyl halides is 3. The molecule has 3 aromatic rings. The molecule has 0 bridgehead atoms. The Morgan fingerprint density at radius 3 is 2.68 bits per heavy atom. The third-order valence-corrected chi connectivity index (χ3v) is 5.43. The second kappa shape index (κ2) is 10.1. The molecular weight excluding hydrogens is 453 g/mol. The van der Waals surface area contributed by atoms with Crippen molar-refractivity contribution in [3.63, 3.8) is 0 Å². The molecule has 3 rings (SSSR count). The first-order valence-corrected chi connectivity index (χ1v) is 10.5. The second-order valence-corrected chi connectivity index (χ2v) is 7.88. The number of benzene rings is 1. The molecule has 0 spiro atoms. The van der Waals surface area contributed by atoms with Gasteiger partial charge in [-0.2, -0.15) is 13.2 Å². The second-order valence-electron chi connectivity index (χ2n) is 6.45. The van der Waals surface area contributed by atoms with Gasteiger partial charge in [0, 0.05) is 30.2 Å². The first-order valence-electron chi connectivity index (χ1n) is 9.13. The van der Waals surface area contributed by atoms with Crippen molar-refractivity contribution in [1.82, 2.24) is 15.5 Å². The molecule has 1 aromatic carbocycles. The summed E-state index contributed by atoms with van der Waals surface area (Å²) in [4.78, 5) is 17.0. The lowest BCUT2D eigenvalue weighted by molar-refractivity contribution is -0.137. The lowest BCUT2D eigenvalue weighted by atomic mass is 10.2. The van der Waals surface area contributed by atoms with E-state index in [1.165, 1.54) is 11.8 Å². The standard InChI is InChI=1S/C20H18ClF3N4O2S/c1-12-8-14(30-28-12)11-31-17-5-3-2-4-15(17)19(29)26-7-6-25-18-16(21)9-13(10-27-18)20(22,23)24/h2-5,8-10H,6-7,11H2,1H3,(H,25,27)(H,26,29). The molecular formula is C20H18ClF3N4O2S. The van der Waals surface area contributed by atoms with Gasteiger partial charge in [-0.15, -0.1) is 11.8 Å². The fourth-order valence-electron chi connectivity index (χ4n) is 2.59. The minimum atomic E-state index is -4.51. The van der Waals surface area contributed by atoms with E-state index in [4.69, 9.17) is 16.1 Å². The maximum atomic E-state index is 12.7. The molecule has 6 nitrogen and oxygen atoms in total. The maximum Gasteiger partial charge on any atom is 0.417 e. The van der Waals surface area contributed by atoms with Crippen LogP contribution < -0.4 is 10.6 Å². The summed E-state index contributed by atoms with van der Waals surface area (Å²) < 4.78 is 43.2. The Hall–Kier alpha value is -2.72. The number of carbonyl (C=O) groups is 1. The van der Waals surface area contributed by atoms with E-state index < -0.39 is 11.7 Å². The molecule has 164 valence electrons. The topological polar surface area (TPSA) is 80.0 Å². The van der Waals surface area contributed by atoms with Crippen LogP contribution in [0.1, 0.15) is 27.4 Å². The molecule has 2 N–H and O–H groups in total. The van der Waals surface area contributed by atoms with Crippen LogP contribution in [0.25, 0.3) is 0 Å². The highest BCUT2D eigenvalue weighted by Gasteiger charge is 2.31. The van der Waals surface area contributed by atoms with Crippen LogP contribution in [0.4, 0.5) is 19.0 Å². The zero-order chi connectivity index (χ0) is 22.4. The van der Waals surface area contributed by atoms with Crippen molar-refractivity contribution in [3.8, 4) is 0 Å². The molecule has 0 fully saturated rings. The number of amides is 1. The van der Waals surface area contributed by atoms with Gasteiger partial charge < -0.3 is 15.2 Å². The molecule has 31 heavy (non-hydrogen) atoms. The van der Waals surface area contributed by atoms with E-state index in [1.807, 2.05) is 25.1 Å². The van der Waals surface area contributed by atoms with Crippen LogP contribution in [0.3, 0.4) is 0 Å². The van der Waals surface area contributed by atoms with E-state index >= 15 is 0 Å². The molecule has 11 heteroatoms. The quantitative estimate of drug-likeness (QED) is 0.348. The maximum absolute atomic E-state index is 12.7. The molecule has 0 saturated carbocycles. The Labute approximate surface area is 185 Å². The van der Waals surface area contributed by atoms with E-state index in [1.54, 1.807) is 12.1 Å². The average molecular weight is 471 g/mol. The zero-order valence-electron chi connectivity index (χ0n) is 16.3. The van der Waals surface area contributed by atoms with E-state index in [0.29, 0.717) is 23.3 Å². The largest absolute Gasteiger partial charge is 0.417 e. The Bertz CT molecular complexity index is 1060. The number of hydrogen-bond donors (Lipinski definition) is 2. The molecule has 0 aliphatic rings. The van der Waals surface area contributed by atoms with Crippen LogP contribution in [0.5, 0.6) is 0 Å². The predicted molar refractivity (Wildman–Crippen MR) is 112 cm³/mol. The third kappa shape index (κ3) is 6.38. The van der Waals surface area contributed by atoms with Crippen molar-refractivity contribution in [2.24, 2.45) is 0 Å². The summed E-state index contributed by atoms with van der Waals surface area (Å²) >= 11 is 7.31. The fourth-order valence-corrected chi connectivity index (χ4v) is 3.75. The summed E-state index contributed by atoms with van der Waals surface area (Å²) in [5, 5.41) is 9.27. The van der Waals surface area contributed by atoms with Gasteiger partial charge in [0.05, 0.1) is 27.6 Å². The summed E-state index contributed by atoms with van der Waals surface area (Å²) in [6.07, 6.45) is -3.81. The van der Waals surface area contributed by atoms with Crippen LogP contribution in [-0.2, 0) is 11.9 Å². The van der Waals surface area contributed by atoms with Crippen molar-refractivity contribution in [3.05, 3.63) is 70.2 Å². The van der Waals surface area contributed by atoms with Gasteiger partial charge in [0.1, 0.15) is 11.6 Å². The first-order chi connectivity index (χ1) is 14.7. The van der Waals surface area contributed by atoms with Gasteiger partial charge in [-0.1, -0.05) is 28.9 Å². The summed E-state index contributed by atoms with van der Waals surface area (Å²) in [7, 11) is 0. The number of aryl methyl sites for hydroxylation is 1. The number of hydrogen-bond acceptors (Lipinski definition) is 6. The molecule has 0 unspecified atom stereocenters. The van der Waals surface area contributed by atoms with Crippen molar-refractivity contribution < 1.29 is 22.5 Å². The van der Waals surface area contributed by atoms with Crippen LogP contribution >= 0.6 is 23.4 Å². The molecule has 2 aromatic heterocycles. The number of nitrogens with zero attached hydrogens (tertiary/aromatic N) is 2. The molecule has 0 aliphatic carbocycles. The number of carbonyl (C=O) groups excluding carboxylic acids is 1. The number of pyridine rings is 1. The lowest BCUT2D eigenvalue weighted by Gasteiger charge is -2.12. The van der Waals surface area contributed by atoms with E-state index in [-0.39, 0.29) is 29.8 Å². The first kappa shape index (κ1) is 23.0. The average Bonchev–Trinajstić information content (AvgIpc) is 3.15. The van der Waals surface area contributed by atoms with Crippen LogP contribution in [0.2, 0.25) is 5.02 Å². The third-order valence-electron chi connectivity index (χ3n) is 4.05. The number of thioether (sulfide) groups is 1. The normalized spacial score (nSPS) is 11.4. The van der Waals surface area contributed by atoms with E-state index in [0.717, 1.165) is 16.7 Å². The number of aromatic nitrogens is 2. The van der Waals surface area contributed by atoms with Crippen molar-refractivity contribution in [2.45, 2.75) is 23.7 Å². The Morgan fingerprint density at radius 1 is 1.23 bits per heavy atom. The van der Waals surface area contributed by atoms with Crippen molar-refractivity contribution >= 4 is 35.1 Å². The summed E-state index contributed by atoms with van der Waals surface area (Å²) in [5.41, 5.74) is 0.372. The molecule has 0 aliphatic heterocycles. The highest BCUT2D eigenvalue weighted by molar-refractivity contribution is 7.98. The minimum absolute atomic E-state index is 0.113. The van der Waals surface area contributed by atoms with E-state index in [2.05, 4.69) is 20.8 Å². The van der Waals surface area contributed by atoms with E-state index in [9.17, 15) is 18.0 Å². The number of rotatable bonds is 8. The molecule has 0 atom stereocenters. The Morgan fingerprint density at radius 2 is 2.00 bits per heavy atom. The van der Waals surface area contributed by atoms with Crippen LogP contribution in [0, 0.1) is 6.92 Å². The highest BCUT2D eigenvalue weighted by Crippen LogP contribution is 2.32. The smallest absolute Gasteiger partial charge is 0.367 e. The van der Waals surface area contributed by atoms with Gasteiger partial charge in [-0.25, -0.2) is 4.98 Å². The van der Waals surface area contributed by atoms with Crippen molar-refractivity contribution in [1.29, 1.82) is 0 Å². The predicted octanol–water partition coefficient (Wildman–Crippen LogP) is 5.18.